The molecule has 3 aliphatic rings. The van der Waals surface area contributed by atoms with Crippen molar-refractivity contribution in [1.82, 2.24) is 14.1 Å². The lowest BCUT2D eigenvalue weighted by Gasteiger charge is -2.56. The van der Waals surface area contributed by atoms with Crippen molar-refractivity contribution >= 4 is 10.0 Å². The van der Waals surface area contributed by atoms with E-state index in [1.54, 1.807) is 28.6 Å². The van der Waals surface area contributed by atoms with Crippen molar-refractivity contribution in [2.75, 3.05) is 32.7 Å². The summed E-state index contributed by atoms with van der Waals surface area (Å²) in [4.78, 5) is 5.62. The number of fused-ring (bicyclic) bond motifs is 1. The molecule has 27 heavy (non-hydrogen) atoms. The van der Waals surface area contributed by atoms with E-state index in [1.165, 1.54) is 32.1 Å². The van der Waals surface area contributed by atoms with E-state index in [2.05, 4.69) is 23.6 Å². The van der Waals surface area contributed by atoms with Crippen LogP contribution in [0.3, 0.4) is 0 Å². The van der Waals surface area contributed by atoms with Crippen LogP contribution in [0, 0.1) is 0 Å². The summed E-state index contributed by atoms with van der Waals surface area (Å²) in [6, 6.07) is 9.88. The van der Waals surface area contributed by atoms with Crippen LogP contribution in [0.25, 0.3) is 0 Å². The van der Waals surface area contributed by atoms with Gasteiger partial charge < -0.3 is 0 Å². The molecule has 5 nitrogen and oxygen atoms in total. The molecule has 3 fully saturated rings. The third-order valence-electron chi connectivity index (χ3n) is 6.74. The Labute approximate surface area is 164 Å². The van der Waals surface area contributed by atoms with Crippen molar-refractivity contribution in [3.05, 3.63) is 30.3 Å². The molecule has 1 saturated carbocycles. The fourth-order valence-electron chi connectivity index (χ4n) is 5.36. The van der Waals surface area contributed by atoms with Crippen molar-refractivity contribution < 1.29 is 8.42 Å². The van der Waals surface area contributed by atoms with Gasteiger partial charge in [0.2, 0.25) is 10.0 Å². The maximum absolute atomic E-state index is 13.2. The molecule has 2 aliphatic heterocycles. The second-order valence-electron chi connectivity index (χ2n) is 9.06. The van der Waals surface area contributed by atoms with E-state index >= 15 is 0 Å². The van der Waals surface area contributed by atoms with Crippen LogP contribution < -0.4 is 0 Å². The Morgan fingerprint density at radius 2 is 1.63 bits per heavy atom. The first-order chi connectivity index (χ1) is 12.9. The van der Waals surface area contributed by atoms with Crippen molar-refractivity contribution in [2.45, 2.75) is 68.5 Å². The molecule has 6 heteroatoms. The van der Waals surface area contributed by atoms with Crippen molar-refractivity contribution in [3.63, 3.8) is 0 Å². The van der Waals surface area contributed by atoms with Gasteiger partial charge in [-0.2, -0.15) is 4.31 Å². The highest BCUT2D eigenvalue weighted by Crippen LogP contribution is 2.33. The topological polar surface area (TPSA) is 43.9 Å². The van der Waals surface area contributed by atoms with Gasteiger partial charge in [0.05, 0.1) is 4.90 Å². The van der Waals surface area contributed by atoms with E-state index in [0.29, 0.717) is 24.0 Å². The number of piperazine rings is 2. The van der Waals surface area contributed by atoms with Crippen molar-refractivity contribution in [2.24, 2.45) is 0 Å². The molecule has 1 aromatic rings. The Bertz CT molecular complexity index is 744. The molecule has 0 N–H and O–H groups in total. The van der Waals surface area contributed by atoms with Gasteiger partial charge >= 0.3 is 0 Å². The Balaban J connectivity index is 1.54. The third kappa shape index (κ3) is 3.82. The summed E-state index contributed by atoms with van der Waals surface area (Å²) in [5.41, 5.74) is -0.135. The smallest absolute Gasteiger partial charge is 0.243 e. The van der Waals surface area contributed by atoms with Crippen LogP contribution in [0.4, 0.5) is 0 Å². The summed E-state index contributed by atoms with van der Waals surface area (Å²) in [7, 11) is -3.44. The molecule has 1 aliphatic carbocycles. The fourth-order valence-corrected chi connectivity index (χ4v) is 7.01. The summed E-state index contributed by atoms with van der Waals surface area (Å²) < 4.78 is 28.2. The lowest BCUT2D eigenvalue weighted by atomic mass is 9.90. The van der Waals surface area contributed by atoms with Crippen LogP contribution in [-0.4, -0.2) is 72.9 Å². The number of hydrogen-bond acceptors (Lipinski definition) is 4. The fraction of sp³-hybridized carbons (Fsp3) is 0.714. The minimum Gasteiger partial charge on any atom is -0.298 e. The van der Waals surface area contributed by atoms with Crippen LogP contribution >= 0.6 is 0 Å². The predicted octanol–water partition coefficient (Wildman–Crippen LogP) is 2.79. The summed E-state index contributed by atoms with van der Waals surface area (Å²) in [5.74, 6) is 0. The average molecular weight is 392 g/mol. The lowest BCUT2D eigenvalue weighted by molar-refractivity contribution is -0.0562. The van der Waals surface area contributed by atoms with Crippen molar-refractivity contribution in [1.29, 1.82) is 0 Å². The molecule has 0 aromatic heterocycles. The zero-order valence-corrected chi connectivity index (χ0v) is 17.5. The highest BCUT2D eigenvalue weighted by Gasteiger charge is 2.46. The molecule has 0 amide bonds. The maximum atomic E-state index is 13.2. The van der Waals surface area contributed by atoms with Gasteiger partial charge in [-0.15, -0.1) is 0 Å². The van der Waals surface area contributed by atoms with Gasteiger partial charge in [-0.25, -0.2) is 8.42 Å². The number of hydrogen-bond donors (Lipinski definition) is 0. The molecule has 0 radical (unpaired) electrons. The largest absolute Gasteiger partial charge is 0.298 e. The minimum absolute atomic E-state index is 0.135. The van der Waals surface area contributed by atoms with E-state index < -0.39 is 10.0 Å². The molecule has 1 aromatic carbocycles. The maximum Gasteiger partial charge on any atom is 0.243 e. The van der Waals surface area contributed by atoms with Gasteiger partial charge in [-0.3, -0.25) is 9.80 Å². The van der Waals surface area contributed by atoms with Gasteiger partial charge in [0.25, 0.3) is 0 Å². The summed E-state index contributed by atoms with van der Waals surface area (Å²) in [5, 5.41) is 0. The zero-order chi connectivity index (χ0) is 19.1. The SMILES string of the molecule is CC1(C)CN(S(=O)(=O)c2ccccc2)C[C@@H]2CN(C3CCCCC3)CCN21. The summed E-state index contributed by atoms with van der Waals surface area (Å²) in [6.45, 7) is 8.72. The van der Waals surface area contributed by atoms with Crippen LogP contribution in [0.15, 0.2) is 35.2 Å². The number of sulfonamides is 1. The van der Waals surface area contributed by atoms with Gasteiger partial charge in [0, 0.05) is 50.3 Å². The summed E-state index contributed by atoms with van der Waals surface area (Å²) in [6.07, 6.45) is 6.67. The normalized spacial score (nSPS) is 28.7. The molecular weight excluding hydrogens is 358 g/mol. The standard InChI is InChI=1S/C21H33N3O2S/c1-21(2)17-23(27(25,26)20-11-7-4-8-12-20)16-19-15-22(13-14-24(19)21)18-9-5-3-6-10-18/h4,7-8,11-12,18-19H,3,5-6,9-10,13-17H2,1-2H3/t19-/m0/s1. The third-order valence-corrected chi connectivity index (χ3v) is 8.57. The molecule has 2 heterocycles. The highest BCUT2D eigenvalue weighted by atomic mass is 32.2. The Morgan fingerprint density at radius 3 is 2.33 bits per heavy atom. The van der Waals surface area contributed by atoms with Crippen LogP contribution in [-0.2, 0) is 10.0 Å². The summed E-state index contributed by atoms with van der Waals surface area (Å²) >= 11 is 0. The molecule has 150 valence electrons. The first-order valence-corrected chi connectivity index (χ1v) is 11.9. The molecule has 0 spiro atoms. The Hall–Kier alpha value is -0.950. The zero-order valence-electron chi connectivity index (χ0n) is 16.7. The first-order valence-electron chi connectivity index (χ1n) is 10.4. The van der Waals surface area contributed by atoms with Crippen LogP contribution in [0.2, 0.25) is 0 Å². The predicted molar refractivity (Wildman–Crippen MR) is 108 cm³/mol. The monoisotopic (exact) mass is 391 g/mol. The molecule has 4 rings (SSSR count). The molecule has 2 saturated heterocycles. The van der Waals surface area contributed by atoms with E-state index in [1.807, 2.05) is 6.07 Å². The van der Waals surface area contributed by atoms with Gasteiger partial charge in [-0.1, -0.05) is 37.5 Å². The van der Waals surface area contributed by atoms with Crippen molar-refractivity contribution in [3.8, 4) is 0 Å². The molecule has 0 unspecified atom stereocenters. The first kappa shape index (κ1) is 19.4. The Morgan fingerprint density at radius 1 is 0.926 bits per heavy atom. The lowest BCUT2D eigenvalue weighted by Crippen LogP contribution is -2.70. The number of benzene rings is 1. The minimum atomic E-state index is -3.44. The quantitative estimate of drug-likeness (QED) is 0.795. The van der Waals surface area contributed by atoms with E-state index in [9.17, 15) is 8.42 Å². The van der Waals surface area contributed by atoms with Crippen LogP contribution in [0.5, 0.6) is 0 Å². The second kappa shape index (κ2) is 7.47. The van der Waals surface area contributed by atoms with Gasteiger partial charge in [0.1, 0.15) is 0 Å². The number of nitrogens with zero attached hydrogens (tertiary/aromatic N) is 3. The molecule has 1 atom stereocenters. The average Bonchev–Trinajstić information content (AvgIpc) is 2.68. The highest BCUT2D eigenvalue weighted by molar-refractivity contribution is 7.89. The molecular formula is C21H33N3O2S. The second-order valence-corrected chi connectivity index (χ2v) is 11.0. The van der Waals surface area contributed by atoms with E-state index in [-0.39, 0.29) is 11.6 Å². The van der Waals surface area contributed by atoms with E-state index in [0.717, 1.165) is 19.6 Å². The number of rotatable bonds is 3. The van der Waals surface area contributed by atoms with Gasteiger partial charge in [0.15, 0.2) is 0 Å². The van der Waals surface area contributed by atoms with Crippen LogP contribution in [0.1, 0.15) is 46.0 Å². The van der Waals surface area contributed by atoms with E-state index in [4.69, 9.17) is 0 Å². The molecule has 0 bridgehead atoms. The Kier molecular flexibility index (Phi) is 5.36. The van der Waals surface area contributed by atoms with Gasteiger partial charge in [-0.05, 0) is 38.8 Å².